The van der Waals surface area contributed by atoms with Crippen molar-refractivity contribution < 1.29 is 14.0 Å². The van der Waals surface area contributed by atoms with Crippen LogP contribution in [-0.4, -0.2) is 11.8 Å². The third-order valence-corrected chi connectivity index (χ3v) is 5.49. The molecule has 2 amide bonds. The zero-order valence-electron chi connectivity index (χ0n) is 17.9. The molecule has 1 atom stereocenters. The molecule has 160 valence electrons. The van der Waals surface area contributed by atoms with Crippen molar-refractivity contribution in [3.8, 4) is 0 Å². The van der Waals surface area contributed by atoms with Crippen LogP contribution in [0, 0.1) is 12.7 Å². The summed E-state index contributed by atoms with van der Waals surface area (Å²) in [6.45, 7) is 3.74. The predicted molar refractivity (Wildman–Crippen MR) is 125 cm³/mol. The molecular formula is C27H23FN2O2. The van der Waals surface area contributed by atoms with Crippen LogP contribution in [0.2, 0.25) is 0 Å². The van der Waals surface area contributed by atoms with Gasteiger partial charge in [0.15, 0.2) is 0 Å². The van der Waals surface area contributed by atoms with Crippen LogP contribution < -0.4 is 10.6 Å². The molecule has 1 unspecified atom stereocenters. The number of halogens is 1. The van der Waals surface area contributed by atoms with Gasteiger partial charge in [0.1, 0.15) is 5.82 Å². The van der Waals surface area contributed by atoms with E-state index in [9.17, 15) is 14.0 Å². The number of hydrogen-bond donors (Lipinski definition) is 2. The standard InChI is InChI=1S/C27H23FN2O2/c1-17-11-12-22(16-25(17)30-27(32)23-9-5-6-10-24(23)28)26(31)29-18(2)20-14-13-19-7-3-4-8-21(19)15-20/h3-16,18H,1-2H3,(H,29,31)(H,30,32). The topological polar surface area (TPSA) is 58.2 Å². The van der Waals surface area contributed by atoms with E-state index in [0.29, 0.717) is 11.3 Å². The van der Waals surface area contributed by atoms with Gasteiger partial charge in [0, 0.05) is 11.3 Å². The summed E-state index contributed by atoms with van der Waals surface area (Å²) >= 11 is 0. The lowest BCUT2D eigenvalue weighted by Gasteiger charge is -2.16. The molecule has 2 N–H and O–H groups in total. The Hall–Kier alpha value is -3.99. The number of anilines is 1. The van der Waals surface area contributed by atoms with Crippen LogP contribution in [0.4, 0.5) is 10.1 Å². The van der Waals surface area contributed by atoms with Crippen molar-refractivity contribution in [3.05, 3.63) is 113 Å². The molecule has 0 radical (unpaired) electrons. The molecule has 0 spiro atoms. The molecule has 0 fully saturated rings. The fourth-order valence-electron chi connectivity index (χ4n) is 3.57. The second-order valence-corrected chi connectivity index (χ2v) is 7.77. The second-order valence-electron chi connectivity index (χ2n) is 7.77. The number of carbonyl (C=O) groups excluding carboxylic acids is 2. The lowest BCUT2D eigenvalue weighted by molar-refractivity contribution is 0.0938. The van der Waals surface area contributed by atoms with Gasteiger partial charge in [0.2, 0.25) is 0 Å². The fraction of sp³-hybridized carbons (Fsp3) is 0.111. The van der Waals surface area contributed by atoms with Gasteiger partial charge in [-0.25, -0.2) is 4.39 Å². The van der Waals surface area contributed by atoms with E-state index in [1.54, 1.807) is 24.3 Å². The summed E-state index contributed by atoms with van der Waals surface area (Å²) in [4.78, 5) is 25.4. The molecule has 32 heavy (non-hydrogen) atoms. The van der Waals surface area contributed by atoms with Gasteiger partial charge < -0.3 is 10.6 Å². The third kappa shape index (κ3) is 4.52. The van der Waals surface area contributed by atoms with E-state index in [-0.39, 0.29) is 17.5 Å². The number of rotatable bonds is 5. The van der Waals surface area contributed by atoms with Crippen LogP contribution in [-0.2, 0) is 0 Å². The molecule has 4 nitrogen and oxygen atoms in total. The highest BCUT2D eigenvalue weighted by molar-refractivity contribution is 6.05. The summed E-state index contributed by atoms with van der Waals surface area (Å²) in [6.07, 6.45) is 0. The Balaban J connectivity index is 1.51. The Labute approximate surface area is 186 Å². The van der Waals surface area contributed by atoms with Gasteiger partial charge >= 0.3 is 0 Å². The minimum Gasteiger partial charge on any atom is -0.346 e. The van der Waals surface area contributed by atoms with Crippen molar-refractivity contribution in [1.82, 2.24) is 5.32 Å². The van der Waals surface area contributed by atoms with Gasteiger partial charge in [0.25, 0.3) is 11.8 Å². The van der Waals surface area contributed by atoms with Crippen molar-refractivity contribution in [3.63, 3.8) is 0 Å². The molecule has 0 aliphatic carbocycles. The van der Waals surface area contributed by atoms with Crippen LogP contribution in [0.5, 0.6) is 0 Å². The van der Waals surface area contributed by atoms with Gasteiger partial charge in [-0.05, 0) is 66.1 Å². The Kier molecular flexibility index (Phi) is 5.99. The molecule has 0 bridgehead atoms. The number of amides is 2. The number of aryl methyl sites for hydroxylation is 1. The van der Waals surface area contributed by atoms with Gasteiger partial charge in [-0.15, -0.1) is 0 Å². The molecule has 5 heteroatoms. The Morgan fingerprint density at radius 1 is 0.812 bits per heavy atom. The molecule has 0 aromatic heterocycles. The molecule has 4 aromatic rings. The zero-order valence-corrected chi connectivity index (χ0v) is 17.9. The van der Waals surface area contributed by atoms with E-state index in [4.69, 9.17) is 0 Å². The highest BCUT2D eigenvalue weighted by Gasteiger charge is 2.16. The highest BCUT2D eigenvalue weighted by atomic mass is 19.1. The smallest absolute Gasteiger partial charge is 0.258 e. The first-order valence-electron chi connectivity index (χ1n) is 10.4. The first-order chi connectivity index (χ1) is 15.4. The van der Waals surface area contributed by atoms with Crippen LogP contribution in [0.3, 0.4) is 0 Å². The minimum absolute atomic E-state index is 0.0494. The van der Waals surface area contributed by atoms with E-state index in [1.807, 2.05) is 50.2 Å². The summed E-state index contributed by atoms with van der Waals surface area (Å²) < 4.78 is 13.9. The molecule has 4 aromatic carbocycles. The number of nitrogens with one attached hydrogen (secondary N) is 2. The Morgan fingerprint density at radius 3 is 2.31 bits per heavy atom. The van der Waals surface area contributed by atoms with Crippen molar-refractivity contribution >= 4 is 28.3 Å². The summed E-state index contributed by atoms with van der Waals surface area (Å²) in [5.41, 5.74) is 2.59. The number of carbonyl (C=O) groups is 2. The van der Waals surface area contributed by atoms with E-state index >= 15 is 0 Å². The van der Waals surface area contributed by atoms with E-state index < -0.39 is 11.7 Å². The van der Waals surface area contributed by atoms with Crippen molar-refractivity contribution in [2.24, 2.45) is 0 Å². The number of benzene rings is 4. The molecule has 0 aliphatic heterocycles. The first kappa shape index (κ1) is 21.2. The summed E-state index contributed by atoms with van der Waals surface area (Å²) in [7, 11) is 0. The quantitative estimate of drug-likeness (QED) is 0.409. The van der Waals surface area contributed by atoms with Gasteiger partial charge in [-0.3, -0.25) is 9.59 Å². The lowest BCUT2D eigenvalue weighted by atomic mass is 10.0. The SMILES string of the molecule is Cc1ccc(C(=O)NC(C)c2ccc3ccccc3c2)cc1NC(=O)c1ccccc1F. The van der Waals surface area contributed by atoms with Crippen LogP contribution in [0.1, 0.15) is 44.8 Å². The highest BCUT2D eigenvalue weighted by Crippen LogP contribution is 2.22. The summed E-state index contributed by atoms with van der Waals surface area (Å²) in [6, 6.07) is 24.8. The minimum atomic E-state index is -0.597. The van der Waals surface area contributed by atoms with Gasteiger partial charge in [0.05, 0.1) is 11.6 Å². The maximum Gasteiger partial charge on any atom is 0.258 e. The normalized spacial score (nSPS) is 11.7. The number of fused-ring (bicyclic) bond motifs is 1. The van der Waals surface area contributed by atoms with E-state index in [0.717, 1.165) is 21.9 Å². The Bertz CT molecular complexity index is 1320. The average molecular weight is 426 g/mol. The zero-order chi connectivity index (χ0) is 22.7. The molecule has 0 heterocycles. The molecule has 4 rings (SSSR count). The van der Waals surface area contributed by atoms with Gasteiger partial charge in [-0.2, -0.15) is 0 Å². The monoisotopic (exact) mass is 426 g/mol. The summed E-state index contributed by atoms with van der Waals surface area (Å²) in [5.74, 6) is -1.42. The molecular weight excluding hydrogens is 403 g/mol. The maximum atomic E-state index is 13.9. The largest absolute Gasteiger partial charge is 0.346 e. The fourth-order valence-corrected chi connectivity index (χ4v) is 3.57. The maximum absolute atomic E-state index is 13.9. The van der Waals surface area contributed by atoms with Crippen LogP contribution in [0.25, 0.3) is 10.8 Å². The lowest BCUT2D eigenvalue weighted by Crippen LogP contribution is -2.27. The van der Waals surface area contributed by atoms with Crippen LogP contribution >= 0.6 is 0 Å². The predicted octanol–water partition coefficient (Wildman–Crippen LogP) is 6.03. The third-order valence-electron chi connectivity index (χ3n) is 5.49. The molecule has 0 aliphatic rings. The van der Waals surface area contributed by atoms with Crippen LogP contribution in [0.15, 0.2) is 84.9 Å². The van der Waals surface area contributed by atoms with E-state index in [1.165, 1.54) is 18.2 Å². The average Bonchev–Trinajstić information content (AvgIpc) is 2.80. The van der Waals surface area contributed by atoms with Crippen molar-refractivity contribution in [1.29, 1.82) is 0 Å². The summed E-state index contributed by atoms with van der Waals surface area (Å²) in [5, 5.41) is 7.97. The molecule has 0 saturated heterocycles. The first-order valence-corrected chi connectivity index (χ1v) is 10.4. The number of hydrogen-bond acceptors (Lipinski definition) is 2. The van der Waals surface area contributed by atoms with Crippen molar-refractivity contribution in [2.75, 3.05) is 5.32 Å². The van der Waals surface area contributed by atoms with E-state index in [2.05, 4.69) is 16.7 Å². The van der Waals surface area contributed by atoms with Gasteiger partial charge in [-0.1, -0.05) is 54.6 Å². The van der Waals surface area contributed by atoms with Crippen molar-refractivity contribution in [2.45, 2.75) is 19.9 Å². The second kappa shape index (κ2) is 9.02. The Morgan fingerprint density at radius 2 is 1.53 bits per heavy atom. The molecule has 0 saturated carbocycles.